The molecule has 150 valence electrons. The van der Waals surface area contributed by atoms with Crippen LogP contribution in [-0.2, 0) is 16.1 Å². The van der Waals surface area contributed by atoms with Gasteiger partial charge in [0.15, 0.2) is 12.4 Å². The van der Waals surface area contributed by atoms with E-state index in [1.54, 1.807) is 18.2 Å². The van der Waals surface area contributed by atoms with Gasteiger partial charge in [-0.05, 0) is 18.2 Å². The Bertz CT molecular complexity index is 833. The van der Waals surface area contributed by atoms with E-state index in [1.165, 1.54) is 7.11 Å². The van der Waals surface area contributed by atoms with Crippen molar-refractivity contribution in [3.63, 3.8) is 0 Å². The monoisotopic (exact) mass is 427 g/mol. The van der Waals surface area contributed by atoms with Gasteiger partial charge in [0, 0.05) is 18.1 Å². The molecule has 3 rings (SSSR count). The zero-order chi connectivity index (χ0) is 19.9. The summed E-state index contributed by atoms with van der Waals surface area (Å²) in [5.74, 6) is 0.894. The van der Waals surface area contributed by atoms with E-state index in [-0.39, 0.29) is 25.1 Å². The van der Waals surface area contributed by atoms with Crippen molar-refractivity contribution in [2.45, 2.75) is 6.54 Å². The normalized spacial score (nSPS) is 13.9. The second kappa shape index (κ2) is 9.72. The van der Waals surface area contributed by atoms with E-state index in [0.29, 0.717) is 53.9 Å². The Balaban J connectivity index is 1.57. The lowest BCUT2D eigenvalue weighted by Crippen LogP contribution is -2.38. The van der Waals surface area contributed by atoms with Crippen LogP contribution in [0.5, 0.6) is 11.8 Å². The summed E-state index contributed by atoms with van der Waals surface area (Å²) in [6.07, 6.45) is 0. The van der Waals surface area contributed by atoms with Gasteiger partial charge in [-0.3, -0.25) is 4.79 Å². The van der Waals surface area contributed by atoms with E-state index >= 15 is 0 Å². The number of rotatable bonds is 7. The van der Waals surface area contributed by atoms with Crippen LogP contribution in [0.3, 0.4) is 0 Å². The van der Waals surface area contributed by atoms with E-state index < -0.39 is 0 Å². The molecular formula is C17H19Cl2N5O4. The van der Waals surface area contributed by atoms with Gasteiger partial charge in [-0.1, -0.05) is 23.2 Å². The van der Waals surface area contributed by atoms with E-state index in [2.05, 4.69) is 20.3 Å². The molecule has 0 unspecified atom stereocenters. The molecular weight excluding hydrogens is 409 g/mol. The lowest BCUT2D eigenvalue weighted by atomic mass is 10.3. The zero-order valence-corrected chi connectivity index (χ0v) is 16.7. The predicted octanol–water partition coefficient (Wildman–Crippen LogP) is 1.72. The molecule has 0 saturated carbocycles. The molecule has 0 aliphatic carbocycles. The Morgan fingerprint density at radius 1 is 1.25 bits per heavy atom. The lowest BCUT2D eigenvalue weighted by Gasteiger charge is -2.26. The first-order chi connectivity index (χ1) is 13.5. The fourth-order valence-electron chi connectivity index (χ4n) is 2.43. The van der Waals surface area contributed by atoms with Gasteiger partial charge in [-0.15, -0.1) is 0 Å². The smallest absolute Gasteiger partial charge is 0.321 e. The topological polar surface area (TPSA) is 98.7 Å². The number of morpholine rings is 1. The molecule has 9 nitrogen and oxygen atoms in total. The second-order valence-corrected chi connectivity index (χ2v) is 6.62. The van der Waals surface area contributed by atoms with Gasteiger partial charge in [0.2, 0.25) is 5.95 Å². The number of aromatic nitrogens is 3. The number of anilines is 1. The summed E-state index contributed by atoms with van der Waals surface area (Å²) < 4.78 is 15.9. The van der Waals surface area contributed by atoms with E-state index in [9.17, 15) is 4.79 Å². The van der Waals surface area contributed by atoms with Crippen molar-refractivity contribution in [2.24, 2.45) is 0 Å². The van der Waals surface area contributed by atoms with Crippen molar-refractivity contribution < 1.29 is 19.0 Å². The average Bonchev–Trinajstić information content (AvgIpc) is 2.72. The molecule has 1 aliphatic rings. The number of hydrogen-bond acceptors (Lipinski definition) is 8. The lowest BCUT2D eigenvalue weighted by molar-refractivity contribution is -0.123. The number of methoxy groups -OCH3 is 1. The fourth-order valence-corrected chi connectivity index (χ4v) is 2.89. The van der Waals surface area contributed by atoms with Crippen LogP contribution in [0.2, 0.25) is 10.0 Å². The van der Waals surface area contributed by atoms with Crippen molar-refractivity contribution in [3.05, 3.63) is 34.1 Å². The van der Waals surface area contributed by atoms with Crippen molar-refractivity contribution in [1.29, 1.82) is 0 Å². The summed E-state index contributed by atoms with van der Waals surface area (Å²) in [5.41, 5.74) is 0. The molecule has 1 amide bonds. The highest BCUT2D eigenvalue weighted by molar-refractivity contribution is 6.35. The van der Waals surface area contributed by atoms with Crippen LogP contribution in [0.1, 0.15) is 5.82 Å². The molecule has 0 atom stereocenters. The van der Waals surface area contributed by atoms with Crippen LogP contribution in [0.25, 0.3) is 0 Å². The highest BCUT2D eigenvalue weighted by Gasteiger charge is 2.17. The van der Waals surface area contributed by atoms with Crippen molar-refractivity contribution in [1.82, 2.24) is 20.3 Å². The number of benzene rings is 1. The van der Waals surface area contributed by atoms with E-state index in [4.69, 9.17) is 37.4 Å². The Morgan fingerprint density at radius 3 is 2.75 bits per heavy atom. The van der Waals surface area contributed by atoms with Crippen LogP contribution in [0, 0.1) is 0 Å². The quantitative estimate of drug-likeness (QED) is 0.712. The molecule has 1 N–H and O–H groups in total. The maximum Gasteiger partial charge on any atom is 0.321 e. The van der Waals surface area contributed by atoms with E-state index in [1.807, 2.05) is 4.90 Å². The Morgan fingerprint density at radius 2 is 2.04 bits per heavy atom. The van der Waals surface area contributed by atoms with Crippen molar-refractivity contribution >= 4 is 35.1 Å². The molecule has 2 aromatic rings. The third kappa shape index (κ3) is 5.57. The van der Waals surface area contributed by atoms with Crippen LogP contribution < -0.4 is 19.7 Å². The average molecular weight is 428 g/mol. The van der Waals surface area contributed by atoms with Gasteiger partial charge in [0.05, 0.1) is 31.9 Å². The molecule has 1 saturated heterocycles. The van der Waals surface area contributed by atoms with Gasteiger partial charge in [-0.2, -0.15) is 15.0 Å². The third-order valence-corrected chi connectivity index (χ3v) is 4.35. The standard InChI is InChI=1S/C17H19Cl2N5O4/c1-26-17-22-14(21-16(23-17)24-4-6-27-7-5-24)9-20-15(25)10-28-13-3-2-11(18)8-12(13)19/h2-3,8H,4-7,9-10H2,1H3,(H,20,25). The number of nitrogens with one attached hydrogen (secondary N) is 1. The highest BCUT2D eigenvalue weighted by Crippen LogP contribution is 2.27. The maximum absolute atomic E-state index is 12.1. The van der Waals surface area contributed by atoms with Gasteiger partial charge in [0.1, 0.15) is 5.75 Å². The molecule has 0 bridgehead atoms. The molecule has 2 heterocycles. The number of carbonyl (C=O) groups excluding carboxylic acids is 1. The number of amides is 1. The van der Waals surface area contributed by atoms with Gasteiger partial charge >= 0.3 is 6.01 Å². The first-order valence-corrected chi connectivity index (χ1v) is 9.27. The SMILES string of the molecule is COc1nc(CNC(=O)COc2ccc(Cl)cc2Cl)nc(N2CCOCC2)n1. The molecule has 28 heavy (non-hydrogen) atoms. The van der Waals surface area contributed by atoms with Gasteiger partial charge < -0.3 is 24.4 Å². The molecule has 1 fully saturated rings. The van der Waals surface area contributed by atoms with Crippen LogP contribution in [0.15, 0.2) is 18.2 Å². The molecule has 0 spiro atoms. The molecule has 1 aromatic carbocycles. The summed E-state index contributed by atoms with van der Waals surface area (Å²) >= 11 is 11.8. The highest BCUT2D eigenvalue weighted by atomic mass is 35.5. The summed E-state index contributed by atoms with van der Waals surface area (Å²) in [5, 5.41) is 3.52. The zero-order valence-electron chi connectivity index (χ0n) is 15.2. The van der Waals surface area contributed by atoms with Gasteiger partial charge in [-0.25, -0.2) is 0 Å². The van der Waals surface area contributed by atoms with E-state index in [0.717, 1.165) is 0 Å². The Kier molecular flexibility index (Phi) is 7.07. The number of nitrogens with zero attached hydrogens (tertiary/aromatic N) is 4. The number of ether oxygens (including phenoxy) is 3. The number of carbonyl (C=O) groups is 1. The van der Waals surface area contributed by atoms with Gasteiger partial charge in [0.25, 0.3) is 5.91 Å². The Labute approximate surface area is 171 Å². The largest absolute Gasteiger partial charge is 0.482 e. The summed E-state index contributed by atoms with van der Waals surface area (Å²) in [6.45, 7) is 2.45. The van der Waals surface area contributed by atoms with Crippen LogP contribution >= 0.6 is 23.2 Å². The second-order valence-electron chi connectivity index (χ2n) is 5.78. The first-order valence-electron chi connectivity index (χ1n) is 8.51. The van der Waals surface area contributed by atoms with Crippen LogP contribution in [0.4, 0.5) is 5.95 Å². The summed E-state index contributed by atoms with van der Waals surface area (Å²) in [7, 11) is 1.48. The minimum atomic E-state index is -0.349. The fraction of sp³-hybridized carbons (Fsp3) is 0.412. The minimum absolute atomic E-state index is 0.104. The predicted molar refractivity (Wildman–Crippen MR) is 103 cm³/mol. The molecule has 1 aromatic heterocycles. The molecule has 11 heteroatoms. The molecule has 0 radical (unpaired) electrons. The Hall–Kier alpha value is -2.36. The van der Waals surface area contributed by atoms with Crippen molar-refractivity contribution in [2.75, 3.05) is 44.9 Å². The number of halogens is 2. The first kappa shape index (κ1) is 20.4. The maximum atomic E-state index is 12.1. The molecule has 1 aliphatic heterocycles. The number of hydrogen-bond donors (Lipinski definition) is 1. The third-order valence-electron chi connectivity index (χ3n) is 3.82. The van der Waals surface area contributed by atoms with Crippen molar-refractivity contribution in [3.8, 4) is 11.8 Å². The summed E-state index contributed by atoms with van der Waals surface area (Å²) in [6, 6.07) is 4.96. The summed E-state index contributed by atoms with van der Waals surface area (Å²) in [4.78, 5) is 26.9. The minimum Gasteiger partial charge on any atom is -0.482 e. The van der Waals surface area contributed by atoms with Crippen LogP contribution in [-0.4, -0.2) is 60.9 Å².